The SMILES string of the molecule is CCC/C=C\CCCCCCCC(=O)OCC(COC(=O)CCCCCCCCCCCCCCCCC)OC(=O)CCCCCCC/C=C\CCC. The van der Waals surface area contributed by atoms with Crippen LogP contribution in [0.1, 0.15) is 239 Å². The second kappa shape index (κ2) is 42.6. The summed E-state index contributed by atoms with van der Waals surface area (Å²) < 4.78 is 16.7. The van der Waals surface area contributed by atoms with E-state index < -0.39 is 6.10 Å². The Bertz CT molecular complexity index is 865. The fourth-order valence-corrected chi connectivity index (χ4v) is 6.45. The van der Waals surface area contributed by atoms with E-state index in [1.54, 1.807) is 0 Å². The standard InChI is InChI=1S/C47H86O6/c1-4-7-10-13-16-19-22-23-24-25-26-29-31-34-37-40-46(49)52-43-44(53-47(50)41-38-35-32-28-21-18-15-12-9-6-3)42-51-45(48)39-36-33-30-27-20-17-14-11-8-5-2/h11-12,14-15,44H,4-10,13,16-43H2,1-3H3/b14-11-,15-12-. The molecule has 0 saturated carbocycles. The second-order valence-corrected chi connectivity index (χ2v) is 15.3. The van der Waals surface area contributed by atoms with Crippen molar-refractivity contribution < 1.29 is 28.6 Å². The highest BCUT2D eigenvalue weighted by Gasteiger charge is 2.19. The number of ether oxygens (including phenoxy) is 3. The van der Waals surface area contributed by atoms with E-state index >= 15 is 0 Å². The zero-order chi connectivity index (χ0) is 38.7. The summed E-state index contributed by atoms with van der Waals surface area (Å²) in [6.45, 7) is 6.50. The second-order valence-electron chi connectivity index (χ2n) is 15.3. The summed E-state index contributed by atoms with van der Waals surface area (Å²) in [5.41, 5.74) is 0. The summed E-state index contributed by atoms with van der Waals surface area (Å²) in [7, 11) is 0. The molecule has 0 rings (SSSR count). The van der Waals surface area contributed by atoms with Gasteiger partial charge in [-0.15, -0.1) is 0 Å². The molecule has 0 amide bonds. The molecule has 6 heteroatoms. The summed E-state index contributed by atoms with van der Waals surface area (Å²) in [5.74, 6) is -0.892. The molecule has 0 aromatic rings. The molecule has 310 valence electrons. The van der Waals surface area contributed by atoms with Gasteiger partial charge < -0.3 is 14.2 Å². The monoisotopic (exact) mass is 747 g/mol. The number of hydrogen-bond donors (Lipinski definition) is 0. The molecule has 0 aliphatic carbocycles. The molecule has 1 atom stereocenters. The first-order valence-corrected chi connectivity index (χ1v) is 22.8. The highest BCUT2D eigenvalue weighted by molar-refractivity contribution is 5.71. The van der Waals surface area contributed by atoms with Gasteiger partial charge in [-0.25, -0.2) is 0 Å². The molecule has 53 heavy (non-hydrogen) atoms. The largest absolute Gasteiger partial charge is 0.462 e. The molecule has 1 unspecified atom stereocenters. The predicted molar refractivity (Wildman–Crippen MR) is 224 cm³/mol. The normalized spacial score (nSPS) is 12.1. The van der Waals surface area contributed by atoms with Crippen molar-refractivity contribution in [2.45, 2.75) is 245 Å². The van der Waals surface area contributed by atoms with Gasteiger partial charge >= 0.3 is 17.9 Å². The van der Waals surface area contributed by atoms with Gasteiger partial charge in [0.2, 0.25) is 0 Å². The van der Waals surface area contributed by atoms with Gasteiger partial charge in [-0.05, 0) is 57.8 Å². The van der Waals surface area contributed by atoms with Crippen LogP contribution in [-0.2, 0) is 28.6 Å². The van der Waals surface area contributed by atoms with Crippen LogP contribution in [0.5, 0.6) is 0 Å². The summed E-state index contributed by atoms with van der Waals surface area (Å²) in [6.07, 6.45) is 45.9. The van der Waals surface area contributed by atoms with Crippen LogP contribution in [0, 0.1) is 0 Å². The van der Waals surface area contributed by atoms with Crippen molar-refractivity contribution in [2.75, 3.05) is 13.2 Å². The highest BCUT2D eigenvalue weighted by atomic mass is 16.6. The minimum atomic E-state index is -0.771. The Morgan fingerprint density at radius 2 is 0.660 bits per heavy atom. The van der Waals surface area contributed by atoms with Crippen molar-refractivity contribution in [3.63, 3.8) is 0 Å². The predicted octanol–water partition coefficient (Wildman–Crippen LogP) is 14.4. The minimum Gasteiger partial charge on any atom is -0.462 e. The summed E-state index contributed by atoms with van der Waals surface area (Å²) in [6, 6.07) is 0. The van der Waals surface area contributed by atoms with Gasteiger partial charge in [-0.2, -0.15) is 0 Å². The highest BCUT2D eigenvalue weighted by Crippen LogP contribution is 2.15. The van der Waals surface area contributed by atoms with Gasteiger partial charge in [0.1, 0.15) is 13.2 Å². The van der Waals surface area contributed by atoms with Crippen molar-refractivity contribution in [2.24, 2.45) is 0 Å². The van der Waals surface area contributed by atoms with E-state index in [1.165, 1.54) is 109 Å². The maximum atomic E-state index is 12.7. The van der Waals surface area contributed by atoms with Gasteiger partial charge in [-0.1, -0.05) is 186 Å². The maximum Gasteiger partial charge on any atom is 0.306 e. The van der Waals surface area contributed by atoms with Crippen molar-refractivity contribution >= 4 is 17.9 Å². The average molecular weight is 747 g/mol. The lowest BCUT2D eigenvalue weighted by Gasteiger charge is -2.18. The Kier molecular flexibility index (Phi) is 40.9. The molecule has 0 N–H and O–H groups in total. The Balaban J connectivity index is 4.31. The third-order valence-corrected chi connectivity index (χ3v) is 9.89. The van der Waals surface area contributed by atoms with Gasteiger partial charge in [0.15, 0.2) is 6.10 Å². The van der Waals surface area contributed by atoms with E-state index in [9.17, 15) is 14.4 Å². The molecule has 0 radical (unpaired) electrons. The van der Waals surface area contributed by atoms with Crippen LogP contribution in [0.4, 0.5) is 0 Å². The average Bonchev–Trinajstić information content (AvgIpc) is 3.15. The third-order valence-electron chi connectivity index (χ3n) is 9.89. The maximum absolute atomic E-state index is 12.7. The zero-order valence-electron chi connectivity index (χ0n) is 35.3. The molecule has 0 bridgehead atoms. The molecule has 0 fully saturated rings. The van der Waals surface area contributed by atoms with Crippen molar-refractivity contribution in [1.29, 1.82) is 0 Å². The quantitative estimate of drug-likeness (QED) is 0.0268. The van der Waals surface area contributed by atoms with E-state index in [-0.39, 0.29) is 31.1 Å². The fraction of sp³-hybridized carbons (Fsp3) is 0.851. The molecule has 6 nitrogen and oxygen atoms in total. The van der Waals surface area contributed by atoms with E-state index in [0.29, 0.717) is 19.3 Å². The Hall–Kier alpha value is -2.11. The molecular weight excluding hydrogens is 661 g/mol. The molecular formula is C47H86O6. The molecule has 0 aromatic carbocycles. The fourth-order valence-electron chi connectivity index (χ4n) is 6.45. The van der Waals surface area contributed by atoms with Crippen LogP contribution in [0.15, 0.2) is 24.3 Å². The van der Waals surface area contributed by atoms with Crippen LogP contribution >= 0.6 is 0 Å². The summed E-state index contributed by atoms with van der Waals surface area (Å²) >= 11 is 0. The molecule has 0 aromatic heterocycles. The zero-order valence-corrected chi connectivity index (χ0v) is 35.3. The van der Waals surface area contributed by atoms with Crippen LogP contribution in [0.3, 0.4) is 0 Å². The third kappa shape index (κ3) is 40.9. The number of unbranched alkanes of at least 4 members (excludes halogenated alkanes) is 26. The number of carbonyl (C=O) groups is 3. The lowest BCUT2D eigenvalue weighted by Crippen LogP contribution is -2.30. The lowest BCUT2D eigenvalue weighted by atomic mass is 10.0. The molecule has 0 aliphatic rings. The van der Waals surface area contributed by atoms with E-state index in [0.717, 1.165) is 89.9 Å². The first-order valence-electron chi connectivity index (χ1n) is 22.8. The topological polar surface area (TPSA) is 78.9 Å². The first-order chi connectivity index (χ1) is 26.0. The first kappa shape index (κ1) is 50.9. The van der Waals surface area contributed by atoms with Gasteiger partial charge in [-0.3, -0.25) is 14.4 Å². The van der Waals surface area contributed by atoms with E-state index in [4.69, 9.17) is 14.2 Å². The van der Waals surface area contributed by atoms with Crippen LogP contribution < -0.4 is 0 Å². The van der Waals surface area contributed by atoms with Crippen molar-refractivity contribution in [3.05, 3.63) is 24.3 Å². The summed E-state index contributed by atoms with van der Waals surface area (Å²) in [5, 5.41) is 0. The Labute approximate surface area is 328 Å². The molecule has 0 heterocycles. The smallest absolute Gasteiger partial charge is 0.306 e. The minimum absolute atomic E-state index is 0.0746. The Morgan fingerprint density at radius 3 is 1.02 bits per heavy atom. The lowest BCUT2D eigenvalue weighted by molar-refractivity contribution is -0.167. The number of allylic oxidation sites excluding steroid dienone is 4. The van der Waals surface area contributed by atoms with Crippen molar-refractivity contribution in [1.82, 2.24) is 0 Å². The van der Waals surface area contributed by atoms with Crippen LogP contribution in [-0.4, -0.2) is 37.2 Å². The molecule has 0 saturated heterocycles. The van der Waals surface area contributed by atoms with Gasteiger partial charge in [0.05, 0.1) is 0 Å². The Morgan fingerprint density at radius 1 is 0.358 bits per heavy atom. The number of rotatable bonds is 41. The van der Waals surface area contributed by atoms with Gasteiger partial charge in [0.25, 0.3) is 0 Å². The van der Waals surface area contributed by atoms with Crippen LogP contribution in [0.25, 0.3) is 0 Å². The number of hydrogen-bond acceptors (Lipinski definition) is 6. The van der Waals surface area contributed by atoms with Gasteiger partial charge in [0, 0.05) is 19.3 Å². The van der Waals surface area contributed by atoms with Crippen molar-refractivity contribution in [3.8, 4) is 0 Å². The number of esters is 3. The van der Waals surface area contributed by atoms with E-state index in [1.807, 2.05) is 0 Å². The van der Waals surface area contributed by atoms with Crippen LogP contribution in [0.2, 0.25) is 0 Å². The van der Waals surface area contributed by atoms with E-state index in [2.05, 4.69) is 45.1 Å². The summed E-state index contributed by atoms with van der Waals surface area (Å²) in [4.78, 5) is 37.6. The number of carbonyl (C=O) groups excluding carboxylic acids is 3. The molecule has 0 spiro atoms. The molecule has 0 aliphatic heterocycles.